The van der Waals surface area contributed by atoms with Crippen molar-refractivity contribution in [2.75, 3.05) is 0 Å². The topological polar surface area (TPSA) is 0 Å². The molecule has 72 valence electrons. The number of rotatable bonds is 2. The Morgan fingerprint density at radius 3 is 1.85 bits per heavy atom. The molecule has 0 saturated heterocycles. The fourth-order valence-electron chi connectivity index (χ4n) is 1.55. The lowest BCUT2D eigenvalue weighted by atomic mass is 10.1. The molecular weight excluding hydrogens is 271 g/mol. The van der Waals surface area contributed by atoms with Crippen molar-refractivity contribution in [3.8, 4) is 0 Å². The maximum atomic E-state index is 2.33. The van der Waals surface area contributed by atoms with E-state index in [-0.39, 0.29) is 21.2 Å². The molecule has 0 fully saturated rings. The van der Waals surface area contributed by atoms with E-state index in [2.05, 4.69) is 46.8 Å². The summed E-state index contributed by atoms with van der Waals surface area (Å²) < 4.78 is 2.51. The molecule has 0 atom stereocenters. The van der Waals surface area contributed by atoms with E-state index in [1.165, 1.54) is 16.7 Å². The molecule has 0 N–H and O–H groups in total. The molecule has 0 amide bonds. The minimum Gasteiger partial charge on any atom is -0.0519 e. The van der Waals surface area contributed by atoms with Crippen LogP contribution in [-0.4, -0.2) is 3.92 Å². The highest BCUT2D eigenvalue weighted by Crippen LogP contribution is 2.07. The van der Waals surface area contributed by atoms with Crippen LogP contribution in [0.1, 0.15) is 30.5 Å². The Labute approximate surface area is 92.0 Å². The molecule has 0 spiro atoms. The van der Waals surface area contributed by atoms with Crippen molar-refractivity contribution < 1.29 is 21.2 Å². The molecule has 0 bridgehead atoms. The monoisotopic (exact) mass is 289 g/mol. The third-order valence-corrected chi connectivity index (χ3v) is 5.48. The first-order chi connectivity index (χ1) is 6.00. The van der Waals surface area contributed by atoms with Gasteiger partial charge in [-0.1, -0.05) is 17.7 Å². The molecule has 0 nitrogen and oxygen atoms in total. The zero-order chi connectivity index (χ0) is 10.0. The van der Waals surface area contributed by atoms with Gasteiger partial charge in [-0.2, -0.15) is 0 Å². The molecule has 13 heavy (non-hydrogen) atoms. The third kappa shape index (κ3) is 2.97. The first-order valence-corrected chi connectivity index (χ1v) is 7.04. The smallest absolute Gasteiger partial charge is 0.0519 e. The first kappa shape index (κ1) is 11.0. The van der Waals surface area contributed by atoms with Gasteiger partial charge in [0.05, 0.1) is 0 Å². The van der Waals surface area contributed by atoms with Crippen molar-refractivity contribution in [2.24, 2.45) is 0 Å². The lowest BCUT2D eigenvalue weighted by Gasteiger charge is -2.01. The van der Waals surface area contributed by atoms with Gasteiger partial charge >= 0.3 is 21.2 Å². The fourth-order valence-corrected chi connectivity index (χ4v) is 4.09. The molecule has 0 aliphatic rings. The molecule has 0 unspecified atom stereocenters. The summed E-state index contributed by atoms with van der Waals surface area (Å²) >= 11 is 0.211. The summed E-state index contributed by atoms with van der Waals surface area (Å²) in [6.45, 7) is 11.3. The molecule has 0 saturated carbocycles. The minimum absolute atomic E-state index is 0.211. The third-order valence-electron chi connectivity index (χ3n) is 1.91. The van der Waals surface area contributed by atoms with E-state index in [1.54, 1.807) is 3.57 Å². The summed E-state index contributed by atoms with van der Waals surface area (Å²) in [6.07, 6.45) is 0. The number of benzene rings is 1. The molecule has 1 rings (SSSR count). The summed E-state index contributed by atoms with van der Waals surface area (Å²) in [4.78, 5) is 0. The molecule has 1 aromatic carbocycles. The molecule has 1 heteroatoms. The molecule has 1 aromatic rings. The van der Waals surface area contributed by atoms with Crippen molar-refractivity contribution in [1.82, 2.24) is 0 Å². The Bertz CT molecular complexity index is 277. The van der Waals surface area contributed by atoms with Crippen molar-refractivity contribution in [3.63, 3.8) is 0 Å². The van der Waals surface area contributed by atoms with Crippen LogP contribution in [0.2, 0.25) is 0 Å². The second kappa shape index (κ2) is 4.45. The Morgan fingerprint density at radius 1 is 1.00 bits per heavy atom. The number of alkyl halides is 1. The molecular formula is C12H18I+. The lowest BCUT2D eigenvalue weighted by molar-refractivity contribution is -0.657. The van der Waals surface area contributed by atoms with Gasteiger partial charge in [-0.3, -0.25) is 0 Å². The average molecular weight is 289 g/mol. The molecule has 0 radical (unpaired) electrons. The Morgan fingerprint density at radius 2 is 1.46 bits per heavy atom. The normalized spacial score (nSPS) is 10.9. The zero-order valence-electron chi connectivity index (χ0n) is 9.11. The van der Waals surface area contributed by atoms with Crippen molar-refractivity contribution >= 4 is 0 Å². The van der Waals surface area contributed by atoms with Gasteiger partial charge in [0.15, 0.2) is 7.49 Å². The van der Waals surface area contributed by atoms with Gasteiger partial charge in [0.25, 0.3) is 0 Å². The second-order valence-corrected chi connectivity index (χ2v) is 8.03. The van der Waals surface area contributed by atoms with Gasteiger partial charge < -0.3 is 0 Å². The van der Waals surface area contributed by atoms with Crippen LogP contribution in [0.5, 0.6) is 0 Å². The molecule has 0 aliphatic carbocycles. The quantitative estimate of drug-likeness (QED) is 0.542. The highest BCUT2D eigenvalue weighted by atomic mass is 127. The SMILES string of the molecule is Cc1cc(C)c([I+]C(C)C)c(C)c1. The van der Waals surface area contributed by atoms with E-state index in [4.69, 9.17) is 0 Å². The van der Waals surface area contributed by atoms with Crippen LogP contribution in [0.25, 0.3) is 0 Å². The van der Waals surface area contributed by atoms with E-state index >= 15 is 0 Å². The zero-order valence-corrected chi connectivity index (χ0v) is 11.3. The Hall–Kier alpha value is -0.0500. The largest absolute Gasteiger partial charge is 0.316 e. The second-order valence-electron chi connectivity index (χ2n) is 3.84. The van der Waals surface area contributed by atoms with Crippen LogP contribution in [0.3, 0.4) is 0 Å². The minimum atomic E-state index is 0.211. The van der Waals surface area contributed by atoms with Crippen LogP contribution >= 0.6 is 0 Å². The average Bonchev–Trinajstić information content (AvgIpc) is 1.96. The van der Waals surface area contributed by atoms with E-state index in [9.17, 15) is 0 Å². The number of aryl methyl sites for hydroxylation is 3. The van der Waals surface area contributed by atoms with Crippen LogP contribution in [0, 0.1) is 24.3 Å². The van der Waals surface area contributed by atoms with E-state index in [0.29, 0.717) is 0 Å². The van der Waals surface area contributed by atoms with Crippen molar-refractivity contribution in [2.45, 2.75) is 38.5 Å². The number of halogens is 1. The van der Waals surface area contributed by atoms with Crippen LogP contribution < -0.4 is 21.2 Å². The summed E-state index contributed by atoms with van der Waals surface area (Å²) in [6, 6.07) is 4.62. The van der Waals surface area contributed by atoms with Gasteiger partial charge in [-0.15, -0.1) is 0 Å². The first-order valence-electron chi connectivity index (χ1n) is 4.72. The predicted octanol–water partition coefficient (Wildman–Crippen LogP) is 0.279. The van der Waals surface area contributed by atoms with Crippen LogP contribution in [-0.2, 0) is 0 Å². The predicted molar refractivity (Wildman–Crippen MR) is 54.5 cm³/mol. The fraction of sp³-hybridized carbons (Fsp3) is 0.500. The van der Waals surface area contributed by atoms with Crippen LogP contribution in [0.4, 0.5) is 0 Å². The summed E-state index contributed by atoms with van der Waals surface area (Å²) in [5.41, 5.74) is 4.39. The van der Waals surface area contributed by atoms with Crippen molar-refractivity contribution in [3.05, 3.63) is 32.4 Å². The van der Waals surface area contributed by atoms with Gasteiger partial charge in [0.1, 0.15) is 0 Å². The highest BCUT2D eigenvalue weighted by molar-refractivity contribution is 5.26. The standard InChI is InChI=1S/C12H18I/c1-8(2)13-12-10(4)6-9(3)7-11(12)5/h6-8H,1-5H3/q+1. The number of hydrogen-bond donors (Lipinski definition) is 0. The van der Waals surface area contributed by atoms with Gasteiger partial charge in [0.2, 0.25) is 0 Å². The van der Waals surface area contributed by atoms with E-state index < -0.39 is 0 Å². The van der Waals surface area contributed by atoms with Gasteiger partial charge in [-0.25, -0.2) is 0 Å². The molecule has 0 aromatic heterocycles. The van der Waals surface area contributed by atoms with Crippen LogP contribution in [0.15, 0.2) is 12.1 Å². The van der Waals surface area contributed by atoms with E-state index in [1.807, 2.05) is 0 Å². The number of hydrogen-bond acceptors (Lipinski definition) is 0. The summed E-state index contributed by atoms with van der Waals surface area (Å²) in [5.74, 6) is 0. The summed E-state index contributed by atoms with van der Waals surface area (Å²) in [7, 11) is 0. The van der Waals surface area contributed by atoms with E-state index in [0.717, 1.165) is 3.92 Å². The maximum absolute atomic E-state index is 2.33. The Kier molecular flexibility index (Phi) is 3.77. The Balaban J connectivity index is 3.06. The molecule has 0 aliphatic heterocycles. The summed E-state index contributed by atoms with van der Waals surface area (Å²) in [5, 5.41) is 0. The lowest BCUT2D eigenvalue weighted by Crippen LogP contribution is -3.65. The van der Waals surface area contributed by atoms with Gasteiger partial charge in [0, 0.05) is 11.1 Å². The van der Waals surface area contributed by atoms with Crippen molar-refractivity contribution in [1.29, 1.82) is 0 Å². The maximum Gasteiger partial charge on any atom is 0.316 e. The van der Waals surface area contributed by atoms with Gasteiger partial charge in [-0.05, 0) is 34.6 Å². The molecule has 0 heterocycles. The highest BCUT2D eigenvalue weighted by Gasteiger charge is 2.21.